The van der Waals surface area contributed by atoms with Crippen LogP contribution in [0.5, 0.6) is 0 Å². The number of imidazole rings is 1. The van der Waals surface area contributed by atoms with E-state index < -0.39 is 0 Å². The van der Waals surface area contributed by atoms with Crippen LogP contribution in [-0.4, -0.2) is 52.4 Å². The first kappa shape index (κ1) is 16.0. The van der Waals surface area contributed by atoms with Gasteiger partial charge < -0.3 is 14.4 Å². The van der Waals surface area contributed by atoms with Gasteiger partial charge in [0, 0.05) is 49.4 Å². The maximum Gasteiger partial charge on any atom is 0.253 e. The molecular weight excluding hydrogens is 312 g/mol. The Morgan fingerprint density at radius 3 is 2.87 bits per heavy atom. The van der Waals surface area contributed by atoms with Crippen molar-refractivity contribution in [2.75, 3.05) is 27.2 Å². The van der Waals surface area contributed by atoms with Crippen LogP contribution in [0.25, 0.3) is 0 Å². The number of aromatic nitrogens is 2. The molecule has 0 radical (unpaired) electrons. The normalized spacial score (nSPS) is 14.7. The van der Waals surface area contributed by atoms with Gasteiger partial charge in [-0.25, -0.2) is 4.98 Å². The van der Waals surface area contributed by atoms with Crippen LogP contribution >= 0.6 is 11.6 Å². The van der Waals surface area contributed by atoms with E-state index in [9.17, 15) is 4.79 Å². The molecule has 0 bridgehead atoms. The van der Waals surface area contributed by atoms with Crippen LogP contribution < -0.4 is 0 Å². The van der Waals surface area contributed by atoms with Crippen LogP contribution in [0.4, 0.5) is 0 Å². The van der Waals surface area contributed by atoms with Crippen molar-refractivity contribution in [2.45, 2.75) is 19.5 Å². The molecule has 1 aliphatic heterocycles. The number of halogens is 1. The summed E-state index contributed by atoms with van der Waals surface area (Å²) in [6.07, 6.45) is 2.73. The third-order valence-corrected chi connectivity index (χ3v) is 4.29. The molecule has 2 aromatic rings. The Labute approximate surface area is 141 Å². The van der Waals surface area contributed by atoms with Crippen LogP contribution in [0.3, 0.4) is 0 Å². The molecule has 3 rings (SSSR count). The molecule has 5 nitrogen and oxygen atoms in total. The summed E-state index contributed by atoms with van der Waals surface area (Å²) in [7, 11) is 4.09. The van der Waals surface area contributed by atoms with Crippen molar-refractivity contribution in [3.05, 3.63) is 52.6 Å². The molecule has 0 atom stereocenters. The van der Waals surface area contributed by atoms with Crippen molar-refractivity contribution in [1.82, 2.24) is 19.4 Å². The average Bonchev–Trinajstić information content (AvgIpc) is 2.76. The number of nitrogens with zero attached hydrogens (tertiary/aromatic N) is 4. The zero-order chi connectivity index (χ0) is 16.4. The molecule has 1 amide bonds. The first-order valence-electron chi connectivity index (χ1n) is 7.77. The van der Waals surface area contributed by atoms with Gasteiger partial charge in [0.2, 0.25) is 0 Å². The number of hydrogen-bond acceptors (Lipinski definition) is 3. The highest BCUT2D eigenvalue weighted by Crippen LogP contribution is 2.16. The van der Waals surface area contributed by atoms with Crippen molar-refractivity contribution in [2.24, 2.45) is 0 Å². The van der Waals surface area contributed by atoms with Crippen molar-refractivity contribution in [3.8, 4) is 0 Å². The van der Waals surface area contributed by atoms with Crippen LogP contribution in [0.15, 0.2) is 30.5 Å². The molecule has 0 unspecified atom stereocenters. The van der Waals surface area contributed by atoms with Crippen LogP contribution in [0, 0.1) is 0 Å². The van der Waals surface area contributed by atoms with Gasteiger partial charge in [0.15, 0.2) is 0 Å². The van der Waals surface area contributed by atoms with E-state index in [4.69, 9.17) is 11.6 Å². The molecule has 0 N–H and O–H groups in total. The van der Waals surface area contributed by atoms with E-state index in [0.29, 0.717) is 23.7 Å². The minimum absolute atomic E-state index is 0.0346. The van der Waals surface area contributed by atoms with Crippen molar-refractivity contribution in [1.29, 1.82) is 0 Å². The maximum atomic E-state index is 12.7. The van der Waals surface area contributed by atoms with Gasteiger partial charge in [-0.15, -0.1) is 0 Å². The Kier molecular flexibility index (Phi) is 4.68. The predicted molar refractivity (Wildman–Crippen MR) is 90.7 cm³/mol. The van der Waals surface area contributed by atoms with Gasteiger partial charge in [-0.1, -0.05) is 17.7 Å². The lowest BCUT2D eigenvalue weighted by Crippen LogP contribution is -2.33. The monoisotopic (exact) mass is 332 g/mol. The summed E-state index contributed by atoms with van der Waals surface area (Å²) >= 11 is 6.00. The number of carbonyl (C=O) groups excluding carboxylic acids is 1. The predicted octanol–water partition coefficient (Wildman–Crippen LogP) is 2.30. The van der Waals surface area contributed by atoms with Crippen molar-refractivity contribution >= 4 is 17.5 Å². The number of fused-ring (bicyclic) bond motifs is 1. The summed E-state index contributed by atoms with van der Waals surface area (Å²) in [5, 5.41) is 0.590. The second-order valence-electron chi connectivity index (χ2n) is 6.11. The maximum absolute atomic E-state index is 12.7. The molecule has 1 aromatic heterocycles. The van der Waals surface area contributed by atoms with Crippen LogP contribution in [-0.2, 0) is 19.5 Å². The third kappa shape index (κ3) is 3.57. The minimum Gasteiger partial charge on any atom is -0.336 e. The van der Waals surface area contributed by atoms with Gasteiger partial charge in [-0.2, -0.15) is 0 Å². The highest BCUT2D eigenvalue weighted by molar-refractivity contribution is 6.30. The Hall–Kier alpha value is -1.85. The summed E-state index contributed by atoms with van der Waals surface area (Å²) in [5.41, 5.74) is 1.84. The number of amides is 1. The smallest absolute Gasteiger partial charge is 0.253 e. The fourth-order valence-corrected chi connectivity index (χ4v) is 3.14. The van der Waals surface area contributed by atoms with Gasteiger partial charge in [0.1, 0.15) is 5.82 Å². The van der Waals surface area contributed by atoms with Gasteiger partial charge in [0.05, 0.1) is 5.69 Å². The van der Waals surface area contributed by atoms with E-state index >= 15 is 0 Å². The molecule has 122 valence electrons. The van der Waals surface area contributed by atoms with E-state index in [-0.39, 0.29) is 5.91 Å². The Morgan fingerprint density at radius 1 is 1.30 bits per heavy atom. The number of hydrogen-bond donors (Lipinski definition) is 0. The van der Waals surface area contributed by atoms with E-state index in [1.807, 2.05) is 37.3 Å². The summed E-state index contributed by atoms with van der Waals surface area (Å²) in [4.78, 5) is 21.2. The summed E-state index contributed by atoms with van der Waals surface area (Å²) in [6, 6.07) is 7.14. The molecule has 2 heterocycles. The lowest BCUT2D eigenvalue weighted by Gasteiger charge is -2.20. The van der Waals surface area contributed by atoms with Crippen LogP contribution in [0.2, 0.25) is 5.02 Å². The molecule has 0 saturated carbocycles. The first-order valence-corrected chi connectivity index (χ1v) is 8.15. The summed E-state index contributed by atoms with van der Waals surface area (Å²) in [6.45, 7) is 3.01. The SMILES string of the molecule is CN(C)Cc1cnc2n1CCN(C(=O)c1cccc(Cl)c1)CC2. The van der Waals surface area contributed by atoms with E-state index in [2.05, 4.69) is 14.5 Å². The number of rotatable bonds is 3. The molecule has 0 fully saturated rings. The minimum atomic E-state index is 0.0346. The first-order chi connectivity index (χ1) is 11.0. The molecule has 0 saturated heterocycles. The Bertz CT molecular complexity index is 710. The Morgan fingerprint density at radius 2 is 2.13 bits per heavy atom. The van der Waals surface area contributed by atoms with Crippen molar-refractivity contribution < 1.29 is 4.79 Å². The lowest BCUT2D eigenvalue weighted by molar-refractivity contribution is 0.0758. The fourth-order valence-electron chi connectivity index (χ4n) is 2.95. The highest BCUT2D eigenvalue weighted by Gasteiger charge is 2.22. The average molecular weight is 333 g/mol. The molecule has 1 aliphatic rings. The van der Waals surface area contributed by atoms with Crippen molar-refractivity contribution in [3.63, 3.8) is 0 Å². The Balaban J connectivity index is 1.75. The van der Waals surface area contributed by atoms with E-state index in [0.717, 1.165) is 25.3 Å². The largest absolute Gasteiger partial charge is 0.336 e. The van der Waals surface area contributed by atoms with Gasteiger partial charge in [-0.3, -0.25) is 4.79 Å². The van der Waals surface area contributed by atoms with Gasteiger partial charge >= 0.3 is 0 Å². The van der Waals surface area contributed by atoms with E-state index in [1.165, 1.54) is 5.69 Å². The molecular formula is C17H21ClN4O. The number of benzene rings is 1. The zero-order valence-corrected chi connectivity index (χ0v) is 14.3. The molecule has 1 aromatic carbocycles. The molecule has 23 heavy (non-hydrogen) atoms. The molecule has 0 aliphatic carbocycles. The standard InChI is InChI=1S/C17H21ClN4O/c1-20(2)12-15-11-19-16-6-7-21(8-9-22(15)16)17(23)13-4-3-5-14(18)10-13/h3-5,10-11H,6-9,12H2,1-2H3. The lowest BCUT2D eigenvalue weighted by atomic mass is 10.2. The molecule has 6 heteroatoms. The third-order valence-electron chi connectivity index (χ3n) is 4.06. The van der Waals surface area contributed by atoms with E-state index in [1.54, 1.807) is 12.1 Å². The quantitative estimate of drug-likeness (QED) is 0.866. The fraction of sp³-hybridized carbons (Fsp3) is 0.412. The van der Waals surface area contributed by atoms with Gasteiger partial charge in [-0.05, 0) is 32.3 Å². The summed E-state index contributed by atoms with van der Waals surface area (Å²) < 4.78 is 2.24. The topological polar surface area (TPSA) is 41.4 Å². The highest BCUT2D eigenvalue weighted by atomic mass is 35.5. The number of carbonyl (C=O) groups is 1. The second-order valence-corrected chi connectivity index (χ2v) is 6.54. The summed E-state index contributed by atoms with van der Waals surface area (Å²) in [5.74, 6) is 1.09. The molecule has 0 spiro atoms. The second kappa shape index (κ2) is 6.72. The van der Waals surface area contributed by atoms with Gasteiger partial charge in [0.25, 0.3) is 5.91 Å². The zero-order valence-electron chi connectivity index (χ0n) is 13.5. The van der Waals surface area contributed by atoms with Crippen LogP contribution in [0.1, 0.15) is 21.9 Å².